The summed E-state index contributed by atoms with van der Waals surface area (Å²) in [4.78, 5) is 8.37. The van der Waals surface area contributed by atoms with Crippen molar-refractivity contribution in [2.45, 2.75) is 11.4 Å². The summed E-state index contributed by atoms with van der Waals surface area (Å²) in [6, 6.07) is 11.6. The number of pyridine rings is 2. The van der Waals surface area contributed by atoms with Gasteiger partial charge >= 0.3 is 0 Å². The van der Waals surface area contributed by atoms with Crippen molar-refractivity contribution in [3.8, 4) is 23.5 Å². The first-order valence-corrected chi connectivity index (χ1v) is 12.4. The maximum Gasteiger partial charge on any atom is 0.266 e. The van der Waals surface area contributed by atoms with E-state index in [4.69, 9.17) is 14.0 Å². The first kappa shape index (κ1) is 23.8. The molecule has 5 rings (SSSR count). The summed E-state index contributed by atoms with van der Waals surface area (Å²) >= 11 is 0. The van der Waals surface area contributed by atoms with Gasteiger partial charge in [-0.15, -0.1) is 0 Å². The Labute approximate surface area is 212 Å². The molecule has 0 radical (unpaired) electrons. The second-order valence-corrected chi connectivity index (χ2v) is 9.34. The molecule has 37 heavy (non-hydrogen) atoms. The van der Waals surface area contributed by atoms with Crippen LogP contribution in [0.2, 0.25) is 0 Å². The molecule has 0 fully saturated rings. The average molecular weight is 517 g/mol. The maximum absolute atomic E-state index is 13.4. The monoisotopic (exact) mass is 516 g/mol. The lowest BCUT2D eigenvalue weighted by Crippen LogP contribution is -2.15. The van der Waals surface area contributed by atoms with Gasteiger partial charge in [-0.2, -0.15) is 5.10 Å². The number of rotatable bonds is 7. The van der Waals surface area contributed by atoms with Crippen molar-refractivity contribution in [2.24, 2.45) is 0 Å². The number of anilines is 1. The number of hydrogen-bond acceptors (Lipinski definition) is 9. The Morgan fingerprint density at radius 2 is 1.92 bits per heavy atom. The van der Waals surface area contributed by atoms with Crippen LogP contribution in [0.1, 0.15) is 16.8 Å². The van der Waals surface area contributed by atoms with Crippen molar-refractivity contribution in [3.05, 3.63) is 84.1 Å². The first-order chi connectivity index (χ1) is 18.0. The number of ether oxygens (including phenoxy) is 2. The summed E-state index contributed by atoms with van der Waals surface area (Å²) < 4.78 is 47.1. The smallest absolute Gasteiger partial charge is 0.266 e. The summed E-state index contributed by atoms with van der Waals surface area (Å²) in [6.07, 6.45) is 6.71. The lowest BCUT2D eigenvalue weighted by molar-refractivity contribution is 0.400. The fraction of sp³-hybridized carbons (Fsp3) is 0.120. The Morgan fingerprint density at radius 1 is 1.05 bits per heavy atom. The molecule has 1 N–H and O–H groups in total. The minimum atomic E-state index is -4.17. The topological polar surface area (TPSA) is 134 Å². The third-order valence-corrected chi connectivity index (χ3v) is 6.61. The van der Waals surface area contributed by atoms with Crippen LogP contribution in [-0.2, 0) is 16.6 Å². The molecule has 0 atom stereocenters. The molecule has 0 saturated heterocycles. The summed E-state index contributed by atoms with van der Waals surface area (Å²) in [5, 5.41) is 8.36. The van der Waals surface area contributed by atoms with Gasteiger partial charge in [0, 0.05) is 42.0 Å². The van der Waals surface area contributed by atoms with E-state index in [1.54, 1.807) is 59.8 Å². The number of benzene rings is 1. The number of hydrogen-bond donors (Lipinski definition) is 1. The zero-order valence-corrected chi connectivity index (χ0v) is 20.6. The second-order valence-electron chi connectivity index (χ2n) is 7.69. The predicted octanol–water partition coefficient (Wildman–Crippen LogP) is 3.08. The van der Waals surface area contributed by atoms with Gasteiger partial charge in [-0.25, -0.2) is 13.4 Å². The molecular weight excluding hydrogens is 496 g/mol. The van der Waals surface area contributed by atoms with E-state index in [0.29, 0.717) is 28.9 Å². The molecule has 11 nitrogen and oxygen atoms in total. The van der Waals surface area contributed by atoms with Crippen molar-refractivity contribution < 1.29 is 22.4 Å². The summed E-state index contributed by atoms with van der Waals surface area (Å²) in [5.74, 6) is 6.12. The predicted molar refractivity (Wildman–Crippen MR) is 134 cm³/mol. The van der Waals surface area contributed by atoms with Crippen molar-refractivity contribution in [1.82, 2.24) is 24.9 Å². The number of methoxy groups -OCH3 is 2. The van der Waals surface area contributed by atoms with E-state index in [1.165, 1.54) is 26.4 Å². The third-order valence-electron chi connectivity index (χ3n) is 5.25. The molecule has 0 aliphatic carbocycles. The van der Waals surface area contributed by atoms with Crippen LogP contribution in [0.4, 0.5) is 5.82 Å². The minimum Gasteiger partial charge on any atom is -0.495 e. The molecule has 0 aliphatic heterocycles. The molecule has 4 heterocycles. The van der Waals surface area contributed by atoms with E-state index in [1.807, 2.05) is 0 Å². The fourth-order valence-electron chi connectivity index (χ4n) is 3.56. The van der Waals surface area contributed by atoms with E-state index in [-0.39, 0.29) is 27.7 Å². The van der Waals surface area contributed by atoms with Crippen molar-refractivity contribution in [1.29, 1.82) is 0 Å². The van der Waals surface area contributed by atoms with Crippen molar-refractivity contribution in [3.63, 3.8) is 0 Å². The van der Waals surface area contributed by atoms with Gasteiger partial charge < -0.3 is 14.0 Å². The highest BCUT2D eigenvalue weighted by atomic mass is 32.2. The van der Waals surface area contributed by atoms with E-state index < -0.39 is 10.0 Å². The molecule has 0 spiro atoms. The number of nitrogens with zero attached hydrogens (tertiary/aromatic N) is 5. The van der Waals surface area contributed by atoms with Crippen LogP contribution in [0, 0.1) is 11.8 Å². The zero-order valence-electron chi connectivity index (χ0n) is 19.7. The standard InChI is InChI=1S/C25H20N6O5S/c1-34-20-9-8-17(6-7-18-5-3-10-26-15-18)13-22(20)37(32,33)30-24-23-21(36-29-24)14-19(28-25(23)35-2)16-31-12-4-11-27-31/h3-5,8-15H,16H2,1-2H3,(H,29,30). The van der Waals surface area contributed by atoms with E-state index in [9.17, 15) is 8.42 Å². The highest BCUT2D eigenvalue weighted by Gasteiger charge is 2.25. The SMILES string of the molecule is COc1ccc(C#Cc2cccnc2)cc1S(=O)(=O)Nc1noc2cc(Cn3cccn3)nc(OC)c12. The lowest BCUT2D eigenvalue weighted by Gasteiger charge is -2.11. The molecule has 12 heteroatoms. The number of sulfonamides is 1. The summed E-state index contributed by atoms with van der Waals surface area (Å²) in [5.41, 5.74) is 2.06. The lowest BCUT2D eigenvalue weighted by atomic mass is 10.2. The Bertz CT molecular complexity index is 1720. The van der Waals surface area contributed by atoms with Gasteiger partial charge in [0.15, 0.2) is 11.4 Å². The number of nitrogens with one attached hydrogen (secondary N) is 1. The van der Waals surface area contributed by atoms with E-state index in [2.05, 4.69) is 36.8 Å². The second kappa shape index (κ2) is 10.00. The normalized spacial score (nSPS) is 11.1. The van der Waals surface area contributed by atoms with Crippen molar-refractivity contribution in [2.75, 3.05) is 18.9 Å². The van der Waals surface area contributed by atoms with Gasteiger partial charge in [0.1, 0.15) is 16.0 Å². The molecule has 0 saturated carbocycles. The molecule has 0 unspecified atom stereocenters. The third kappa shape index (κ3) is 5.07. The largest absolute Gasteiger partial charge is 0.495 e. The van der Waals surface area contributed by atoms with Crippen LogP contribution >= 0.6 is 0 Å². The zero-order chi connectivity index (χ0) is 25.8. The maximum atomic E-state index is 13.4. The molecule has 4 aromatic heterocycles. The van der Waals surface area contributed by atoms with Crippen LogP contribution in [0.3, 0.4) is 0 Å². The number of aromatic nitrogens is 5. The average Bonchev–Trinajstić information content (AvgIpc) is 3.57. The molecule has 0 amide bonds. The van der Waals surface area contributed by atoms with Gasteiger partial charge in [-0.1, -0.05) is 17.0 Å². The van der Waals surface area contributed by atoms with Crippen LogP contribution in [0.5, 0.6) is 11.6 Å². The highest BCUT2D eigenvalue weighted by molar-refractivity contribution is 7.92. The molecular formula is C25H20N6O5S. The van der Waals surface area contributed by atoms with Crippen LogP contribution in [0.25, 0.3) is 11.0 Å². The minimum absolute atomic E-state index is 0.0705. The Hall–Kier alpha value is -4.89. The highest BCUT2D eigenvalue weighted by Crippen LogP contribution is 2.34. The van der Waals surface area contributed by atoms with Crippen molar-refractivity contribution >= 4 is 26.8 Å². The van der Waals surface area contributed by atoms with Gasteiger partial charge in [0.05, 0.1) is 26.5 Å². The van der Waals surface area contributed by atoms with Crippen LogP contribution < -0.4 is 14.2 Å². The first-order valence-electron chi connectivity index (χ1n) is 10.9. The number of fused-ring (bicyclic) bond motifs is 1. The summed E-state index contributed by atoms with van der Waals surface area (Å²) in [7, 11) is -1.36. The molecule has 186 valence electrons. The van der Waals surface area contributed by atoms with Crippen LogP contribution in [0.15, 0.2) is 76.7 Å². The van der Waals surface area contributed by atoms with E-state index in [0.717, 1.165) is 0 Å². The molecule has 1 aromatic carbocycles. The Balaban J connectivity index is 1.49. The van der Waals surface area contributed by atoms with E-state index >= 15 is 0 Å². The van der Waals surface area contributed by atoms with Gasteiger partial charge in [0.25, 0.3) is 10.0 Å². The van der Waals surface area contributed by atoms with Gasteiger partial charge in [-0.05, 0) is 36.4 Å². The molecule has 0 aliphatic rings. The summed E-state index contributed by atoms with van der Waals surface area (Å²) in [6.45, 7) is 0.366. The van der Waals surface area contributed by atoms with Gasteiger partial charge in [0.2, 0.25) is 5.88 Å². The Kier molecular flexibility index (Phi) is 6.44. The molecule has 0 bridgehead atoms. The fourth-order valence-corrected chi connectivity index (χ4v) is 4.77. The quantitative estimate of drug-likeness (QED) is 0.324. The van der Waals surface area contributed by atoms with Crippen LogP contribution in [-0.4, -0.2) is 47.5 Å². The Morgan fingerprint density at radius 3 is 2.65 bits per heavy atom. The molecule has 5 aromatic rings. The van der Waals surface area contributed by atoms with Gasteiger partial charge in [-0.3, -0.25) is 14.4 Å².